The van der Waals surface area contributed by atoms with Crippen molar-refractivity contribution in [2.75, 3.05) is 19.4 Å². The highest BCUT2D eigenvalue weighted by Gasteiger charge is 2.25. The molecule has 1 unspecified atom stereocenters. The van der Waals surface area contributed by atoms with Gasteiger partial charge in [-0.15, -0.1) is 11.8 Å². The van der Waals surface area contributed by atoms with Crippen LogP contribution in [-0.4, -0.2) is 42.2 Å². The number of thioether (sulfide) groups is 1. The minimum absolute atomic E-state index is 0.0295. The maximum Gasteiger partial charge on any atom is 0.242 e. The topological polar surface area (TPSA) is 58.6 Å². The zero-order valence-electron chi connectivity index (χ0n) is 19.0. The van der Waals surface area contributed by atoms with Gasteiger partial charge in [-0.2, -0.15) is 0 Å². The molecule has 31 heavy (non-hydrogen) atoms. The second-order valence-electron chi connectivity index (χ2n) is 7.67. The van der Waals surface area contributed by atoms with Crippen molar-refractivity contribution in [3.63, 3.8) is 0 Å². The van der Waals surface area contributed by atoms with E-state index in [-0.39, 0.29) is 11.8 Å². The number of amides is 2. The quantitative estimate of drug-likeness (QED) is 0.489. The third-order valence-electron chi connectivity index (χ3n) is 5.09. The number of ether oxygens (including phenoxy) is 1. The highest BCUT2D eigenvalue weighted by Crippen LogP contribution is 2.18. The molecule has 168 valence electrons. The number of carbonyl (C=O) groups is 2. The van der Waals surface area contributed by atoms with Crippen LogP contribution in [0.5, 0.6) is 5.75 Å². The lowest BCUT2D eigenvalue weighted by atomic mass is 10.1. The van der Waals surface area contributed by atoms with Crippen molar-refractivity contribution in [3.8, 4) is 5.75 Å². The van der Waals surface area contributed by atoms with Crippen molar-refractivity contribution < 1.29 is 14.3 Å². The molecule has 1 N–H and O–H groups in total. The van der Waals surface area contributed by atoms with E-state index in [1.54, 1.807) is 23.8 Å². The summed E-state index contributed by atoms with van der Waals surface area (Å²) < 4.78 is 5.19. The molecule has 0 saturated heterocycles. The average molecular weight is 443 g/mol. The average Bonchev–Trinajstić information content (AvgIpc) is 2.77. The maximum absolute atomic E-state index is 13.1. The van der Waals surface area contributed by atoms with Gasteiger partial charge < -0.3 is 15.0 Å². The molecule has 2 aromatic rings. The summed E-state index contributed by atoms with van der Waals surface area (Å²) in [6.07, 6.45) is 1.95. The van der Waals surface area contributed by atoms with Crippen LogP contribution in [0.3, 0.4) is 0 Å². The summed E-state index contributed by atoms with van der Waals surface area (Å²) in [5.74, 6) is 1.74. The summed E-state index contributed by atoms with van der Waals surface area (Å²) in [7, 11) is 1.64. The van der Waals surface area contributed by atoms with Gasteiger partial charge in [0, 0.05) is 18.8 Å². The molecule has 2 rings (SSSR count). The molecule has 0 spiro atoms. The van der Waals surface area contributed by atoms with Crippen LogP contribution in [0.25, 0.3) is 0 Å². The first kappa shape index (κ1) is 24.8. The fourth-order valence-corrected chi connectivity index (χ4v) is 4.06. The van der Waals surface area contributed by atoms with Crippen LogP contribution in [0.15, 0.2) is 48.5 Å². The van der Waals surface area contributed by atoms with Gasteiger partial charge in [0.2, 0.25) is 11.8 Å². The lowest BCUT2D eigenvalue weighted by molar-refractivity contribution is -0.138. The zero-order valence-corrected chi connectivity index (χ0v) is 19.8. The first-order valence-corrected chi connectivity index (χ1v) is 11.9. The van der Waals surface area contributed by atoms with Gasteiger partial charge in [-0.25, -0.2) is 0 Å². The van der Waals surface area contributed by atoms with E-state index in [1.807, 2.05) is 56.3 Å². The van der Waals surface area contributed by atoms with Gasteiger partial charge in [0.15, 0.2) is 0 Å². The smallest absolute Gasteiger partial charge is 0.242 e. The Kier molecular flexibility index (Phi) is 10.4. The molecule has 1 atom stereocenters. The number of hydrogen-bond donors (Lipinski definition) is 1. The molecule has 0 aliphatic heterocycles. The molecule has 0 saturated carbocycles. The number of unbranched alkanes of at least 4 members (excludes halogenated alkanes) is 1. The number of carbonyl (C=O) groups excluding carboxylic acids is 2. The number of aryl methyl sites for hydroxylation is 1. The Morgan fingerprint density at radius 1 is 1.13 bits per heavy atom. The largest absolute Gasteiger partial charge is 0.497 e. The summed E-state index contributed by atoms with van der Waals surface area (Å²) in [6.45, 7) is 6.98. The fraction of sp³-hybridized carbons (Fsp3) is 0.440. The van der Waals surface area contributed by atoms with Gasteiger partial charge in [-0.05, 0) is 43.5 Å². The summed E-state index contributed by atoms with van der Waals surface area (Å²) in [5, 5.41) is 2.96. The second kappa shape index (κ2) is 13.1. The molecule has 0 radical (unpaired) electrons. The van der Waals surface area contributed by atoms with E-state index >= 15 is 0 Å². The van der Waals surface area contributed by atoms with E-state index in [4.69, 9.17) is 4.74 Å². The lowest BCUT2D eigenvalue weighted by Gasteiger charge is -2.29. The van der Waals surface area contributed by atoms with Crippen molar-refractivity contribution in [3.05, 3.63) is 65.2 Å². The number of methoxy groups -OCH3 is 1. The first-order valence-electron chi connectivity index (χ1n) is 10.8. The maximum atomic E-state index is 13.1. The van der Waals surface area contributed by atoms with E-state index in [2.05, 4.69) is 18.3 Å². The predicted molar refractivity (Wildman–Crippen MR) is 128 cm³/mol. The van der Waals surface area contributed by atoms with Gasteiger partial charge in [0.1, 0.15) is 11.8 Å². The Morgan fingerprint density at radius 3 is 2.52 bits per heavy atom. The van der Waals surface area contributed by atoms with E-state index in [0.717, 1.165) is 41.0 Å². The van der Waals surface area contributed by atoms with Crippen LogP contribution in [-0.2, 0) is 21.9 Å². The molecule has 0 fully saturated rings. The van der Waals surface area contributed by atoms with E-state index in [9.17, 15) is 9.59 Å². The number of hydrogen-bond acceptors (Lipinski definition) is 4. The summed E-state index contributed by atoms with van der Waals surface area (Å²) >= 11 is 1.56. The summed E-state index contributed by atoms with van der Waals surface area (Å²) in [5.41, 5.74) is 3.30. The van der Waals surface area contributed by atoms with E-state index < -0.39 is 6.04 Å². The number of nitrogens with one attached hydrogen (secondary N) is 1. The predicted octanol–water partition coefficient (Wildman–Crippen LogP) is 4.57. The summed E-state index contributed by atoms with van der Waals surface area (Å²) in [4.78, 5) is 27.4. The number of nitrogens with zero attached hydrogens (tertiary/aromatic N) is 1. The Morgan fingerprint density at radius 2 is 1.87 bits per heavy atom. The van der Waals surface area contributed by atoms with Gasteiger partial charge in [0.05, 0.1) is 12.9 Å². The third-order valence-corrected chi connectivity index (χ3v) is 6.07. The van der Waals surface area contributed by atoms with E-state index in [1.165, 1.54) is 0 Å². The van der Waals surface area contributed by atoms with Crippen LogP contribution in [0, 0.1) is 6.92 Å². The molecular weight excluding hydrogens is 408 g/mol. The molecular formula is C25H34N2O3S. The van der Waals surface area contributed by atoms with Crippen LogP contribution in [0.2, 0.25) is 0 Å². The molecule has 0 bridgehead atoms. The zero-order chi connectivity index (χ0) is 22.6. The third kappa shape index (κ3) is 8.29. The lowest BCUT2D eigenvalue weighted by Crippen LogP contribution is -2.48. The monoisotopic (exact) mass is 442 g/mol. The summed E-state index contributed by atoms with van der Waals surface area (Å²) in [6, 6.07) is 15.4. The van der Waals surface area contributed by atoms with Gasteiger partial charge >= 0.3 is 0 Å². The SMILES string of the molecule is CCCCNC(=O)C(C)N(Cc1cccc(C)c1)C(=O)CSCc1ccc(OC)cc1. The number of benzene rings is 2. The van der Waals surface area contributed by atoms with Gasteiger partial charge in [0.25, 0.3) is 0 Å². The highest BCUT2D eigenvalue weighted by molar-refractivity contribution is 7.99. The van der Waals surface area contributed by atoms with Gasteiger partial charge in [-0.3, -0.25) is 9.59 Å². The first-order chi connectivity index (χ1) is 14.9. The van der Waals surface area contributed by atoms with Crippen molar-refractivity contribution in [2.24, 2.45) is 0 Å². The Labute approximate surface area is 190 Å². The van der Waals surface area contributed by atoms with Crippen molar-refractivity contribution in [1.29, 1.82) is 0 Å². The van der Waals surface area contributed by atoms with Crippen LogP contribution >= 0.6 is 11.8 Å². The van der Waals surface area contributed by atoms with Gasteiger partial charge in [-0.1, -0.05) is 55.3 Å². The van der Waals surface area contributed by atoms with Crippen LogP contribution < -0.4 is 10.1 Å². The molecule has 0 heterocycles. The highest BCUT2D eigenvalue weighted by atomic mass is 32.2. The molecule has 2 amide bonds. The molecule has 6 heteroatoms. The van der Waals surface area contributed by atoms with Crippen molar-refractivity contribution in [2.45, 2.75) is 52.0 Å². The fourth-order valence-electron chi connectivity index (χ4n) is 3.19. The Balaban J connectivity index is 2.02. The van der Waals surface area contributed by atoms with Crippen LogP contribution in [0.4, 0.5) is 0 Å². The minimum Gasteiger partial charge on any atom is -0.497 e. The van der Waals surface area contributed by atoms with Crippen LogP contribution in [0.1, 0.15) is 43.4 Å². The Hall–Kier alpha value is -2.47. The minimum atomic E-state index is -0.522. The van der Waals surface area contributed by atoms with E-state index in [0.29, 0.717) is 18.8 Å². The Bertz CT molecular complexity index is 839. The van der Waals surface area contributed by atoms with Crippen molar-refractivity contribution >= 4 is 23.6 Å². The molecule has 0 aliphatic rings. The molecule has 0 aliphatic carbocycles. The molecule has 0 aromatic heterocycles. The standard InChI is InChI=1S/C25H34N2O3S/c1-5-6-14-26-25(29)20(3)27(16-22-9-7-8-19(2)15-22)24(28)18-31-17-21-10-12-23(30-4)13-11-21/h7-13,15,20H,5-6,14,16-18H2,1-4H3,(H,26,29). The molecule has 2 aromatic carbocycles. The second-order valence-corrected chi connectivity index (χ2v) is 8.66. The number of rotatable bonds is 12. The normalized spacial score (nSPS) is 11.6. The van der Waals surface area contributed by atoms with Crippen molar-refractivity contribution in [1.82, 2.24) is 10.2 Å². The molecule has 5 nitrogen and oxygen atoms in total.